The van der Waals surface area contributed by atoms with Gasteiger partial charge in [-0.1, -0.05) is 24.3 Å². The summed E-state index contributed by atoms with van der Waals surface area (Å²) in [4.78, 5) is 25.4. The van der Waals surface area contributed by atoms with Crippen LogP contribution in [0.15, 0.2) is 60.1 Å². The Morgan fingerprint density at radius 3 is 2.52 bits per heavy atom. The lowest BCUT2D eigenvalue weighted by Crippen LogP contribution is -2.43. The van der Waals surface area contributed by atoms with Gasteiger partial charge in [-0.05, 0) is 75.9 Å². The predicted molar refractivity (Wildman–Crippen MR) is 118 cm³/mol. The third kappa shape index (κ3) is 2.47. The first-order valence-corrected chi connectivity index (χ1v) is 11.5. The Labute approximate surface area is 198 Å². The van der Waals surface area contributed by atoms with Gasteiger partial charge in [-0.25, -0.2) is 4.79 Å². The molecular weight excluding hydrogens is 640 g/mol. The molecule has 9 heteroatoms. The third-order valence-corrected chi connectivity index (χ3v) is 7.94. The van der Waals surface area contributed by atoms with Gasteiger partial charge in [0, 0.05) is 11.1 Å². The number of fused-ring (bicyclic) bond motifs is 6. The van der Waals surface area contributed by atoms with Gasteiger partial charge in [-0.15, -0.1) is 0 Å². The zero-order valence-electron chi connectivity index (χ0n) is 14.1. The number of rotatable bonds is 0. The molecule has 3 aliphatic rings. The molecule has 0 fully saturated rings. The Bertz CT molecular complexity index is 1220. The number of hydrogen-bond acceptors (Lipinski definition) is 5. The minimum atomic E-state index is -1.27. The minimum Gasteiger partial charge on any atom is -0.505 e. The van der Waals surface area contributed by atoms with E-state index in [2.05, 4.69) is 63.7 Å². The van der Waals surface area contributed by atoms with Crippen molar-refractivity contribution < 1.29 is 24.2 Å². The Hall–Kier alpha value is -1.42. The number of halogens is 4. The minimum absolute atomic E-state index is 0.0643. The highest BCUT2D eigenvalue weighted by Gasteiger charge is 2.59. The lowest BCUT2D eigenvalue weighted by Gasteiger charge is -2.43. The average Bonchev–Trinajstić information content (AvgIpc) is 3.00. The van der Waals surface area contributed by atoms with Crippen LogP contribution in [0.1, 0.15) is 21.5 Å². The van der Waals surface area contributed by atoms with Crippen LogP contribution in [0, 0.1) is 5.92 Å². The highest BCUT2D eigenvalue weighted by molar-refractivity contribution is 9.13. The second-order valence-corrected chi connectivity index (χ2v) is 9.96. The molecule has 2 aromatic rings. The molecule has 0 amide bonds. The van der Waals surface area contributed by atoms with E-state index < -0.39 is 17.5 Å². The van der Waals surface area contributed by atoms with Gasteiger partial charge in [-0.2, -0.15) is 0 Å². The van der Waals surface area contributed by atoms with E-state index in [-0.39, 0.29) is 26.2 Å². The molecule has 0 saturated heterocycles. The zero-order chi connectivity index (χ0) is 20.7. The first-order chi connectivity index (χ1) is 13.8. The molecule has 2 aliphatic heterocycles. The summed E-state index contributed by atoms with van der Waals surface area (Å²) in [5.74, 6) is -0.844. The molecule has 2 unspecified atom stereocenters. The van der Waals surface area contributed by atoms with Crippen molar-refractivity contribution in [3.8, 4) is 11.5 Å². The Kier molecular flexibility index (Phi) is 4.40. The lowest BCUT2D eigenvalue weighted by molar-refractivity contribution is -0.111. The van der Waals surface area contributed by atoms with Crippen LogP contribution < -0.4 is 4.74 Å². The Morgan fingerprint density at radius 2 is 1.76 bits per heavy atom. The van der Waals surface area contributed by atoms with Crippen molar-refractivity contribution >= 4 is 75.5 Å². The zero-order valence-corrected chi connectivity index (χ0v) is 20.5. The number of carbonyl (C=O) groups is 2. The number of phenols is 1. The van der Waals surface area contributed by atoms with Crippen molar-refractivity contribution in [3.63, 3.8) is 0 Å². The summed E-state index contributed by atoms with van der Waals surface area (Å²) in [6.45, 7) is 0. The van der Waals surface area contributed by atoms with Crippen LogP contribution in [0.3, 0.4) is 0 Å². The number of Topliss-reactive ketones (excluding diaryl/α,β-unsaturated/α-hetero) is 1. The summed E-state index contributed by atoms with van der Waals surface area (Å²) >= 11 is 13.4. The first-order valence-electron chi connectivity index (χ1n) is 8.31. The van der Waals surface area contributed by atoms with E-state index in [4.69, 9.17) is 9.47 Å². The predicted octanol–water partition coefficient (Wildman–Crippen LogP) is 5.81. The molecule has 1 aliphatic carbocycles. The fourth-order valence-corrected chi connectivity index (χ4v) is 6.45. The van der Waals surface area contributed by atoms with E-state index >= 15 is 0 Å². The highest BCUT2D eigenvalue weighted by Crippen LogP contribution is 2.61. The van der Waals surface area contributed by atoms with Crippen LogP contribution in [0.5, 0.6) is 11.5 Å². The fourth-order valence-electron chi connectivity index (χ4n) is 3.98. The van der Waals surface area contributed by atoms with Crippen molar-refractivity contribution in [3.05, 3.63) is 76.8 Å². The maximum atomic E-state index is 12.8. The molecule has 0 aromatic heterocycles. The average molecular weight is 648 g/mol. The molecule has 5 nitrogen and oxygen atoms in total. The molecule has 2 atom stereocenters. The number of phenolic OH excluding ortho intramolecular Hbond substituents is 1. The van der Waals surface area contributed by atoms with E-state index in [0.29, 0.717) is 31.4 Å². The quantitative estimate of drug-likeness (QED) is 0.366. The number of carbonyl (C=O) groups excluding carboxylic acids is 2. The van der Waals surface area contributed by atoms with E-state index in [1.165, 1.54) is 0 Å². The fraction of sp³-hybridized carbons (Fsp3) is 0.100. The molecular formula is C20H8Br4O5. The molecule has 5 rings (SSSR count). The van der Waals surface area contributed by atoms with Crippen molar-refractivity contribution in [2.75, 3.05) is 0 Å². The molecule has 146 valence electrons. The summed E-state index contributed by atoms with van der Waals surface area (Å²) in [5, 5.41) is 10.4. The normalized spacial score (nSPS) is 24.6. The SMILES string of the molecule is O=C1C(Br)=CC2C(=C1Br)Oc1c(cc(Br)c(O)c1Br)C21OC(=O)c2ccccc21. The smallest absolute Gasteiger partial charge is 0.339 e. The van der Waals surface area contributed by atoms with Crippen LogP contribution in [0.25, 0.3) is 0 Å². The summed E-state index contributed by atoms with van der Waals surface area (Å²) in [6, 6.07) is 8.80. The molecule has 2 heterocycles. The maximum Gasteiger partial charge on any atom is 0.339 e. The highest BCUT2D eigenvalue weighted by atomic mass is 79.9. The summed E-state index contributed by atoms with van der Waals surface area (Å²) in [7, 11) is 0. The number of esters is 1. The van der Waals surface area contributed by atoms with Gasteiger partial charge in [-0.3, -0.25) is 4.79 Å². The van der Waals surface area contributed by atoms with Crippen molar-refractivity contribution in [2.45, 2.75) is 5.60 Å². The Morgan fingerprint density at radius 1 is 1.03 bits per heavy atom. The van der Waals surface area contributed by atoms with E-state index in [1.807, 2.05) is 12.1 Å². The van der Waals surface area contributed by atoms with Crippen molar-refractivity contribution in [1.29, 1.82) is 0 Å². The van der Waals surface area contributed by atoms with Gasteiger partial charge in [0.1, 0.15) is 20.5 Å². The molecule has 1 spiro atoms. The molecule has 0 bridgehead atoms. The second-order valence-electron chi connectivity index (χ2n) is 6.67. The number of benzene rings is 2. The Balaban J connectivity index is 1.94. The first kappa shape index (κ1) is 19.5. The van der Waals surface area contributed by atoms with Crippen molar-refractivity contribution in [2.24, 2.45) is 5.92 Å². The van der Waals surface area contributed by atoms with Crippen molar-refractivity contribution in [1.82, 2.24) is 0 Å². The summed E-state index contributed by atoms with van der Waals surface area (Å²) in [5.41, 5.74) is 0.381. The van der Waals surface area contributed by atoms with Gasteiger partial charge < -0.3 is 14.6 Å². The maximum absolute atomic E-state index is 12.8. The summed E-state index contributed by atoms with van der Waals surface area (Å²) < 4.78 is 13.4. The second kappa shape index (κ2) is 6.54. The van der Waals surface area contributed by atoms with Gasteiger partial charge in [0.15, 0.2) is 11.4 Å². The largest absolute Gasteiger partial charge is 0.505 e. The van der Waals surface area contributed by atoms with Crippen LogP contribution in [0.4, 0.5) is 0 Å². The van der Waals surface area contributed by atoms with Crippen LogP contribution in [-0.4, -0.2) is 16.9 Å². The van der Waals surface area contributed by atoms with Gasteiger partial charge in [0.25, 0.3) is 0 Å². The monoisotopic (exact) mass is 644 g/mol. The molecule has 29 heavy (non-hydrogen) atoms. The molecule has 2 aromatic carbocycles. The van der Waals surface area contributed by atoms with E-state index in [1.54, 1.807) is 24.3 Å². The molecule has 0 radical (unpaired) electrons. The van der Waals surface area contributed by atoms with Gasteiger partial charge >= 0.3 is 5.97 Å². The summed E-state index contributed by atoms with van der Waals surface area (Å²) in [6.07, 6.45) is 1.69. The molecule has 1 N–H and O–H groups in total. The number of aromatic hydroxyl groups is 1. The topological polar surface area (TPSA) is 72.8 Å². The number of ketones is 1. The third-order valence-electron chi connectivity index (χ3n) is 5.23. The van der Waals surface area contributed by atoms with Gasteiger partial charge in [0.05, 0.1) is 20.4 Å². The molecule has 0 saturated carbocycles. The van der Waals surface area contributed by atoms with E-state index in [0.717, 1.165) is 0 Å². The van der Waals surface area contributed by atoms with E-state index in [9.17, 15) is 14.7 Å². The van der Waals surface area contributed by atoms with Crippen LogP contribution >= 0.6 is 63.7 Å². The van der Waals surface area contributed by atoms with Crippen LogP contribution in [0.2, 0.25) is 0 Å². The number of allylic oxidation sites excluding steroid dienone is 2. The van der Waals surface area contributed by atoms with Gasteiger partial charge in [0.2, 0.25) is 5.78 Å². The standard InChI is InChI=1S/C20H8Br4O5/c21-11-5-9-17(13(23)15(11)25)28-18-10(6-12(22)16(26)14(18)24)20(9)8-4-2-1-3-7(8)19(27)29-20/h1-6,9,26H. The van der Waals surface area contributed by atoms with Crippen LogP contribution in [-0.2, 0) is 15.1 Å². The number of ether oxygens (including phenoxy) is 2. The number of hydrogen-bond donors (Lipinski definition) is 1. The lowest BCUT2D eigenvalue weighted by atomic mass is 9.71.